The van der Waals surface area contributed by atoms with E-state index in [1.807, 2.05) is 0 Å². The molecule has 2 aromatic carbocycles. The minimum absolute atomic E-state index is 0.282. The molecule has 2 rings (SSSR count). The fraction of sp³-hybridized carbons (Fsp3) is 0.333. The molecule has 0 bridgehead atoms. The smallest absolute Gasteiger partial charge is 0.457 e. The van der Waals surface area contributed by atoms with Crippen molar-refractivity contribution in [3.8, 4) is 5.75 Å². The predicted molar refractivity (Wildman–Crippen MR) is 87.8 cm³/mol. The molecule has 0 fully saturated rings. The van der Waals surface area contributed by atoms with E-state index < -0.39 is 28.8 Å². The third-order valence-corrected chi connectivity index (χ3v) is 4.11. The number of ether oxygens (including phenoxy) is 1. The highest BCUT2D eigenvalue weighted by molar-refractivity contribution is 5.52. The first-order chi connectivity index (χ1) is 12.0. The van der Waals surface area contributed by atoms with Crippen molar-refractivity contribution >= 4 is 5.69 Å². The van der Waals surface area contributed by atoms with Crippen LogP contribution in [0.2, 0.25) is 0 Å². The standard InChI is InChI=1S/C18H18F5NO2/c1-24(2)13-10-8-12(9-11-13)16(25,17(19,20)18(21,22)23)14-6-4-5-7-15(14)26-3/h4-11,25H,1-3H3. The van der Waals surface area contributed by atoms with Crippen LogP contribution in [0.15, 0.2) is 48.5 Å². The van der Waals surface area contributed by atoms with Crippen LogP contribution in [-0.2, 0) is 5.60 Å². The van der Waals surface area contributed by atoms with E-state index in [0.29, 0.717) is 5.69 Å². The summed E-state index contributed by atoms with van der Waals surface area (Å²) in [6.07, 6.45) is -5.98. The Morgan fingerprint density at radius 3 is 1.88 bits per heavy atom. The lowest BCUT2D eigenvalue weighted by atomic mass is 9.80. The molecule has 0 radical (unpaired) electrons. The zero-order chi connectivity index (χ0) is 19.8. The molecule has 0 aromatic heterocycles. The van der Waals surface area contributed by atoms with E-state index in [0.717, 1.165) is 25.3 Å². The third-order valence-electron chi connectivity index (χ3n) is 4.11. The van der Waals surface area contributed by atoms with E-state index in [4.69, 9.17) is 4.74 Å². The summed E-state index contributed by atoms with van der Waals surface area (Å²) >= 11 is 0. The van der Waals surface area contributed by atoms with Crippen LogP contribution in [0.3, 0.4) is 0 Å². The first-order valence-electron chi connectivity index (χ1n) is 7.55. The minimum Gasteiger partial charge on any atom is -0.496 e. The average molecular weight is 375 g/mol. The lowest BCUT2D eigenvalue weighted by molar-refractivity contribution is -0.336. The van der Waals surface area contributed by atoms with E-state index in [2.05, 4.69) is 0 Å². The maximum Gasteiger partial charge on any atom is 0.457 e. The summed E-state index contributed by atoms with van der Waals surface area (Å²) in [7, 11) is 4.50. The van der Waals surface area contributed by atoms with Crippen molar-refractivity contribution < 1.29 is 31.8 Å². The van der Waals surface area contributed by atoms with Crippen LogP contribution in [0, 0.1) is 0 Å². The van der Waals surface area contributed by atoms with Crippen LogP contribution >= 0.6 is 0 Å². The fourth-order valence-electron chi connectivity index (χ4n) is 2.66. The minimum atomic E-state index is -5.98. The normalized spacial score (nSPS) is 14.7. The third kappa shape index (κ3) is 3.09. The Labute approximate surface area is 147 Å². The predicted octanol–water partition coefficient (Wildman–Crippen LogP) is 4.19. The molecular weight excluding hydrogens is 357 g/mol. The molecule has 26 heavy (non-hydrogen) atoms. The maximum absolute atomic E-state index is 14.5. The zero-order valence-electron chi connectivity index (χ0n) is 14.3. The summed E-state index contributed by atoms with van der Waals surface area (Å²) in [5.41, 5.74) is -4.37. The second kappa shape index (κ2) is 6.75. The molecule has 3 nitrogen and oxygen atoms in total. The van der Waals surface area contributed by atoms with Crippen molar-refractivity contribution in [2.75, 3.05) is 26.1 Å². The fourth-order valence-corrected chi connectivity index (χ4v) is 2.66. The van der Waals surface area contributed by atoms with Gasteiger partial charge in [0.15, 0.2) is 5.60 Å². The van der Waals surface area contributed by atoms with Gasteiger partial charge in [0.05, 0.1) is 7.11 Å². The van der Waals surface area contributed by atoms with Gasteiger partial charge >= 0.3 is 12.1 Å². The number of aliphatic hydroxyl groups is 1. The quantitative estimate of drug-likeness (QED) is 0.796. The van der Waals surface area contributed by atoms with Crippen LogP contribution < -0.4 is 9.64 Å². The molecule has 142 valence electrons. The lowest BCUT2D eigenvalue weighted by Crippen LogP contribution is -2.55. The van der Waals surface area contributed by atoms with Gasteiger partial charge in [-0.25, -0.2) is 0 Å². The van der Waals surface area contributed by atoms with Crippen LogP contribution in [0.5, 0.6) is 5.75 Å². The SMILES string of the molecule is COc1ccccc1C(O)(c1ccc(N(C)C)cc1)C(F)(F)C(F)(F)F. The van der Waals surface area contributed by atoms with Crippen LogP contribution in [-0.4, -0.2) is 38.4 Å². The van der Waals surface area contributed by atoms with Gasteiger partial charge in [0.25, 0.3) is 0 Å². The van der Waals surface area contributed by atoms with Crippen molar-refractivity contribution in [3.05, 3.63) is 59.7 Å². The van der Waals surface area contributed by atoms with Gasteiger partial charge in [-0.15, -0.1) is 0 Å². The highest BCUT2D eigenvalue weighted by Crippen LogP contribution is 2.53. The molecule has 0 spiro atoms. The van der Waals surface area contributed by atoms with Gasteiger partial charge in [-0.1, -0.05) is 30.3 Å². The van der Waals surface area contributed by atoms with Crippen molar-refractivity contribution in [2.45, 2.75) is 17.7 Å². The number of hydrogen-bond donors (Lipinski definition) is 1. The molecule has 0 aliphatic heterocycles. The van der Waals surface area contributed by atoms with Crippen LogP contribution in [0.1, 0.15) is 11.1 Å². The van der Waals surface area contributed by atoms with Gasteiger partial charge < -0.3 is 14.7 Å². The molecule has 8 heteroatoms. The summed E-state index contributed by atoms with van der Waals surface area (Å²) in [6, 6.07) is 9.64. The number of benzene rings is 2. The Morgan fingerprint density at radius 2 is 1.42 bits per heavy atom. The van der Waals surface area contributed by atoms with E-state index in [9.17, 15) is 27.1 Å². The van der Waals surface area contributed by atoms with Crippen molar-refractivity contribution in [1.82, 2.24) is 0 Å². The van der Waals surface area contributed by atoms with E-state index in [1.54, 1.807) is 19.0 Å². The summed E-state index contributed by atoms with van der Waals surface area (Å²) in [5.74, 6) is -5.75. The number of hydrogen-bond acceptors (Lipinski definition) is 3. The van der Waals surface area contributed by atoms with Gasteiger partial charge in [-0.3, -0.25) is 0 Å². The summed E-state index contributed by atoms with van der Waals surface area (Å²) in [5, 5.41) is 10.8. The Kier molecular flexibility index (Phi) is 5.19. The number of alkyl halides is 5. The molecule has 1 unspecified atom stereocenters. The Bertz CT molecular complexity index is 759. The van der Waals surface area contributed by atoms with Crippen molar-refractivity contribution in [1.29, 1.82) is 0 Å². The monoisotopic (exact) mass is 375 g/mol. The molecule has 2 aromatic rings. The Hall–Kier alpha value is -2.35. The molecule has 0 saturated heterocycles. The van der Waals surface area contributed by atoms with E-state index in [-0.39, 0.29) is 5.75 Å². The van der Waals surface area contributed by atoms with Gasteiger partial charge in [0, 0.05) is 25.3 Å². The first-order valence-corrected chi connectivity index (χ1v) is 7.55. The molecule has 1 N–H and O–H groups in total. The van der Waals surface area contributed by atoms with E-state index in [1.165, 1.54) is 30.3 Å². The number of methoxy groups -OCH3 is 1. The Morgan fingerprint density at radius 1 is 0.885 bits per heavy atom. The van der Waals surface area contributed by atoms with Gasteiger partial charge in [-0.05, 0) is 23.8 Å². The zero-order valence-corrected chi connectivity index (χ0v) is 14.3. The van der Waals surface area contributed by atoms with Gasteiger partial charge in [0.1, 0.15) is 5.75 Å². The molecule has 0 amide bonds. The van der Waals surface area contributed by atoms with Gasteiger partial charge in [-0.2, -0.15) is 22.0 Å². The number of halogens is 5. The van der Waals surface area contributed by atoms with Crippen LogP contribution in [0.4, 0.5) is 27.6 Å². The summed E-state index contributed by atoms with van der Waals surface area (Å²) < 4.78 is 73.4. The number of rotatable bonds is 5. The topological polar surface area (TPSA) is 32.7 Å². The van der Waals surface area contributed by atoms with Crippen LogP contribution in [0.25, 0.3) is 0 Å². The van der Waals surface area contributed by atoms with E-state index >= 15 is 0 Å². The first kappa shape index (κ1) is 20.0. The number of anilines is 1. The highest BCUT2D eigenvalue weighted by Gasteiger charge is 2.71. The maximum atomic E-state index is 14.5. The lowest BCUT2D eigenvalue weighted by Gasteiger charge is -2.38. The van der Waals surface area contributed by atoms with Crippen molar-refractivity contribution in [3.63, 3.8) is 0 Å². The summed E-state index contributed by atoms with van der Waals surface area (Å²) in [4.78, 5) is 1.65. The largest absolute Gasteiger partial charge is 0.496 e. The number of nitrogens with zero attached hydrogens (tertiary/aromatic N) is 1. The van der Waals surface area contributed by atoms with Gasteiger partial charge in [0.2, 0.25) is 0 Å². The Balaban J connectivity index is 2.78. The summed E-state index contributed by atoms with van der Waals surface area (Å²) in [6.45, 7) is 0. The molecule has 0 aliphatic carbocycles. The molecular formula is C18H18F5NO2. The molecule has 0 aliphatic rings. The molecule has 0 saturated carbocycles. The second-order valence-corrected chi connectivity index (χ2v) is 5.92. The highest BCUT2D eigenvalue weighted by atomic mass is 19.4. The van der Waals surface area contributed by atoms with Crippen molar-refractivity contribution in [2.24, 2.45) is 0 Å². The average Bonchev–Trinajstić information content (AvgIpc) is 2.59. The second-order valence-electron chi connectivity index (χ2n) is 5.92. The number of para-hydroxylation sites is 1. The molecule has 1 atom stereocenters. The molecule has 0 heterocycles.